The van der Waals surface area contributed by atoms with Gasteiger partial charge in [0.2, 0.25) is 5.88 Å². The van der Waals surface area contributed by atoms with Gasteiger partial charge >= 0.3 is 0 Å². The molecular formula is C26H26N6O3. The summed E-state index contributed by atoms with van der Waals surface area (Å²) < 4.78 is 12.9. The molecule has 0 spiro atoms. The summed E-state index contributed by atoms with van der Waals surface area (Å²) in [5, 5.41) is 4.18. The molecule has 0 saturated carbocycles. The van der Waals surface area contributed by atoms with Crippen molar-refractivity contribution in [2.24, 2.45) is 0 Å². The topological polar surface area (TPSA) is 95.3 Å². The Kier molecular flexibility index (Phi) is 6.38. The second-order valence-electron chi connectivity index (χ2n) is 8.35. The van der Waals surface area contributed by atoms with E-state index in [2.05, 4.69) is 20.1 Å². The number of methoxy groups -OCH3 is 1. The molecule has 4 heterocycles. The van der Waals surface area contributed by atoms with Crippen molar-refractivity contribution in [3.8, 4) is 23.2 Å². The Morgan fingerprint density at radius 2 is 1.89 bits per heavy atom. The lowest BCUT2D eigenvalue weighted by Crippen LogP contribution is -2.39. The molecule has 4 aromatic rings. The number of benzene rings is 1. The van der Waals surface area contributed by atoms with Crippen molar-refractivity contribution in [2.45, 2.75) is 32.2 Å². The molecule has 0 N–H and O–H groups in total. The van der Waals surface area contributed by atoms with E-state index in [0.29, 0.717) is 35.4 Å². The number of carbonyl (C=O) groups excluding carboxylic acids is 1. The number of nitrogens with zero attached hydrogens (tertiary/aromatic N) is 6. The van der Waals surface area contributed by atoms with Gasteiger partial charge in [0.15, 0.2) is 11.6 Å². The highest BCUT2D eigenvalue weighted by Gasteiger charge is 2.31. The molecule has 0 radical (unpaired) electrons. The number of hydrogen-bond acceptors (Lipinski definition) is 7. The highest BCUT2D eigenvalue weighted by molar-refractivity contribution is 5.94. The van der Waals surface area contributed by atoms with E-state index in [1.807, 2.05) is 48.4 Å². The molecule has 0 unspecified atom stereocenters. The van der Waals surface area contributed by atoms with Crippen LogP contribution in [0.1, 0.15) is 47.2 Å². The van der Waals surface area contributed by atoms with Gasteiger partial charge in [-0.05, 0) is 68.7 Å². The molecule has 178 valence electrons. The lowest BCUT2D eigenvalue weighted by atomic mass is 10.00. The maximum absolute atomic E-state index is 13.5. The average Bonchev–Trinajstić information content (AvgIpc) is 3.44. The molecule has 1 atom stereocenters. The number of likely N-dealkylation sites (tertiary alicyclic amines) is 1. The van der Waals surface area contributed by atoms with Crippen LogP contribution in [0.2, 0.25) is 0 Å². The Labute approximate surface area is 203 Å². The number of aromatic nitrogens is 5. The molecule has 1 fully saturated rings. The zero-order valence-corrected chi connectivity index (χ0v) is 19.7. The predicted octanol–water partition coefficient (Wildman–Crippen LogP) is 4.53. The molecule has 1 aromatic carbocycles. The van der Waals surface area contributed by atoms with Crippen LogP contribution in [0.15, 0.2) is 67.1 Å². The van der Waals surface area contributed by atoms with Crippen LogP contribution in [0.5, 0.6) is 17.4 Å². The number of piperidine rings is 1. The fraction of sp³-hybridized carbons (Fsp3) is 0.269. The van der Waals surface area contributed by atoms with Crippen LogP contribution in [0.4, 0.5) is 0 Å². The first-order valence-electron chi connectivity index (χ1n) is 11.6. The first-order chi connectivity index (χ1) is 17.1. The fourth-order valence-corrected chi connectivity index (χ4v) is 4.19. The Hall–Kier alpha value is -4.27. The van der Waals surface area contributed by atoms with Gasteiger partial charge < -0.3 is 14.4 Å². The molecule has 3 aromatic heterocycles. The molecule has 1 aliphatic heterocycles. The van der Waals surface area contributed by atoms with Gasteiger partial charge in [0, 0.05) is 36.9 Å². The van der Waals surface area contributed by atoms with Crippen LogP contribution in [-0.4, -0.2) is 49.2 Å². The second kappa shape index (κ2) is 9.92. The predicted molar refractivity (Wildman–Crippen MR) is 129 cm³/mol. The molecule has 0 bridgehead atoms. The van der Waals surface area contributed by atoms with Gasteiger partial charge in [-0.1, -0.05) is 0 Å². The molecular weight excluding hydrogens is 444 g/mol. The summed E-state index contributed by atoms with van der Waals surface area (Å²) in [6.07, 6.45) is 7.81. The van der Waals surface area contributed by atoms with Crippen molar-refractivity contribution in [3.05, 3.63) is 84.2 Å². The molecule has 5 rings (SSSR count). The summed E-state index contributed by atoms with van der Waals surface area (Å²) in [5.41, 5.74) is 1.30. The summed E-state index contributed by atoms with van der Waals surface area (Å²) in [6.45, 7) is 2.54. The standard InChI is InChI=1S/C26H26N6O3/c1-18-16-24(35-21-10-8-20(34-2)9-11-21)30-25(29-18)22-6-3-4-14-31(22)26(33)19-7-12-23(27-17-19)32-15-5-13-28-32/h5,7-13,15-17,22H,3-4,6,14H2,1-2H3/t22-/m0/s1. The maximum Gasteiger partial charge on any atom is 0.256 e. The van der Waals surface area contributed by atoms with E-state index in [4.69, 9.17) is 9.47 Å². The summed E-state index contributed by atoms with van der Waals surface area (Å²) in [5.74, 6) is 3.00. The van der Waals surface area contributed by atoms with Crippen molar-refractivity contribution >= 4 is 5.91 Å². The van der Waals surface area contributed by atoms with E-state index in [1.165, 1.54) is 0 Å². The normalized spacial score (nSPS) is 15.6. The average molecular weight is 471 g/mol. The van der Waals surface area contributed by atoms with E-state index >= 15 is 0 Å². The Morgan fingerprint density at radius 1 is 1.06 bits per heavy atom. The number of hydrogen-bond donors (Lipinski definition) is 0. The Balaban J connectivity index is 1.38. The Bertz CT molecular complexity index is 1290. The van der Waals surface area contributed by atoms with E-state index in [0.717, 1.165) is 30.7 Å². The molecule has 0 aliphatic carbocycles. The highest BCUT2D eigenvalue weighted by atomic mass is 16.5. The summed E-state index contributed by atoms with van der Waals surface area (Å²) >= 11 is 0. The molecule has 9 heteroatoms. The van der Waals surface area contributed by atoms with Crippen molar-refractivity contribution in [3.63, 3.8) is 0 Å². The first kappa shape index (κ1) is 22.5. The lowest BCUT2D eigenvalue weighted by molar-refractivity contribution is 0.0598. The smallest absolute Gasteiger partial charge is 0.256 e. The number of rotatable bonds is 6. The van der Waals surface area contributed by atoms with Gasteiger partial charge in [0.25, 0.3) is 5.91 Å². The highest BCUT2D eigenvalue weighted by Crippen LogP contribution is 2.32. The van der Waals surface area contributed by atoms with Gasteiger partial charge in [-0.15, -0.1) is 0 Å². The van der Waals surface area contributed by atoms with Crippen LogP contribution < -0.4 is 9.47 Å². The number of carbonyl (C=O) groups is 1. The van der Waals surface area contributed by atoms with E-state index in [1.54, 1.807) is 42.4 Å². The van der Waals surface area contributed by atoms with Crippen LogP contribution >= 0.6 is 0 Å². The summed E-state index contributed by atoms with van der Waals surface area (Å²) in [4.78, 5) is 29.1. The monoisotopic (exact) mass is 470 g/mol. The van der Waals surface area contributed by atoms with Gasteiger partial charge in [-0.3, -0.25) is 4.79 Å². The molecule has 35 heavy (non-hydrogen) atoms. The van der Waals surface area contributed by atoms with Crippen molar-refractivity contribution in [2.75, 3.05) is 13.7 Å². The third-order valence-corrected chi connectivity index (χ3v) is 5.93. The van der Waals surface area contributed by atoms with Crippen molar-refractivity contribution in [1.82, 2.24) is 29.6 Å². The minimum absolute atomic E-state index is 0.0862. The molecule has 1 saturated heterocycles. The van der Waals surface area contributed by atoms with Crippen LogP contribution in [0.25, 0.3) is 5.82 Å². The molecule has 1 amide bonds. The number of amides is 1. The van der Waals surface area contributed by atoms with E-state index in [9.17, 15) is 4.79 Å². The number of pyridine rings is 1. The fourth-order valence-electron chi connectivity index (χ4n) is 4.19. The van der Waals surface area contributed by atoms with Crippen LogP contribution in [0, 0.1) is 6.92 Å². The maximum atomic E-state index is 13.5. The number of ether oxygens (including phenoxy) is 2. The third kappa shape index (κ3) is 4.98. The second-order valence-corrected chi connectivity index (χ2v) is 8.35. The molecule has 9 nitrogen and oxygen atoms in total. The van der Waals surface area contributed by atoms with Crippen molar-refractivity contribution in [1.29, 1.82) is 0 Å². The van der Waals surface area contributed by atoms with E-state index < -0.39 is 0 Å². The number of aryl methyl sites for hydroxylation is 1. The SMILES string of the molecule is COc1ccc(Oc2cc(C)nc([C@@H]3CCCCN3C(=O)c3ccc(-n4cccn4)nc3)n2)cc1. The Morgan fingerprint density at radius 3 is 2.60 bits per heavy atom. The van der Waals surface area contributed by atoms with Crippen LogP contribution in [-0.2, 0) is 0 Å². The minimum atomic E-state index is -0.236. The van der Waals surface area contributed by atoms with Gasteiger partial charge in [-0.2, -0.15) is 10.1 Å². The van der Waals surface area contributed by atoms with Crippen LogP contribution in [0.3, 0.4) is 0 Å². The molecule has 1 aliphatic rings. The van der Waals surface area contributed by atoms with Crippen molar-refractivity contribution < 1.29 is 14.3 Å². The zero-order chi connectivity index (χ0) is 24.2. The first-order valence-corrected chi connectivity index (χ1v) is 11.6. The summed E-state index contributed by atoms with van der Waals surface area (Å²) in [6, 6.07) is 14.3. The quantitative estimate of drug-likeness (QED) is 0.408. The minimum Gasteiger partial charge on any atom is -0.497 e. The lowest BCUT2D eigenvalue weighted by Gasteiger charge is -2.35. The van der Waals surface area contributed by atoms with Gasteiger partial charge in [0.1, 0.15) is 11.5 Å². The van der Waals surface area contributed by atoms with Gasteiger partial charge in [0.05, 0.1) is 18.7 Å². The van der Waals surface area contributed by atoms with E-state index in [-0.39, 0.29) is 11.9 Å². The zero-order valence-electron chi connectivity index (χ0n) is 19.7. The summed E-state index contributed by atoms with van der Waals surface area (Å²) in [7, 11) is 1.62. The largest absolute Gasteiger partial charge is 0.497 e. The van der Waals surface area contributed by atoms with Gasteiger partial charge in [-0.25, -0.2) is 14.6 Å². The third-order valence-electron chi connectivity index (χ3n) is 5.93.